The molecule has 0 radical (unpaired) electrons. The number of hydrogen-bond donors (Lipinski definition) is 2. The Labute approximate surface area is 182 Å². The second-order valence-electron chi connectivity index (χ2n) is 7.95. The third-order valence-electron chi connectivity index (χ3n) is 4.81. The molecule has 4 rings (SSSR count). The standard InChI is InChI=1S/C23H28N6S/c1-17(2)14-29-23(30-16-19-9-5-4-6-10-19)21(13-24-29)22-25-26-27-28(22)15-20-11-7-8-18(3)12-20/h4-13,17,26-27H,14-16H2,1-3H3. The summed E-state index contributed by atoms with van der Waals surface area (Å²) in [5.41, 5.74) is 10.9. The van der Waals surface area contributed by atoms with Crippen LogP contribution >= 0.6 is 11.8 Å². The van der Waals surface area contributed by atoms with E-state index in [1.807, 2.05) is 23.0 Å². The van der Waals surface area contributed by atoms with Gasteiger partial charge in [-0.15, -0.1) is 22.4 Å². The highest BCUT2D eigenvalue weighted by atomic mass is 32.2. The van der Waals surface area contributed by atoms with Gasteiger partial charge in [-0.3, -0.25) is 9.69 Å². The summed E-state index contributed by atoms with van der Waals surface area (Å²) in [6.45, 7) is 8.14. The molecule has 1 aliphatic heterocycles. The first-order valence-corrected chi connectivity index (χ1v) is 11.2. The number of rotatable bonds is 8. The van der Waals surface area contributed by atoms with E-state index in [-0.39, 0.29) is 0 Å². The lowest BCUT2D eigenvalue weighted by Crippen LogP contribution is -2.40. The number of hydrazine groups is 2. The highest BCUT2D eigenvalue weighted by Crippen LogP contribution is 2.29. The molecule has 2 aromatic carbocycles. The largest absolute Gasteiger partial charge is 0.266 e. The molecule has 0 bridgehead atoms. The normalized spacial score (nSPS) is 13.6. The maximum atomic E-state index is 4.70. The minimum absolute atomic E-state index is 0.513. The van der Waals surface area contributed by atoms with Crippen molar-refractivity contribution in [3.05, 3.63) is 83.0 Å². The molecule has 0 atom stereocenters. The van der Waals surface area contributed by atoms with Gasteiger partial charge in [0.25, 0.3) is 0 Å². The summed E-state index contributed by atoms with van der Waals surface area (Å²) in [6, 6.07) is 19.1. The van der Waals surface area contributed by atoms with Crippen molar-refractivity contribution in [3.63, 3.8) is 0 Å². The van der Waals surface area contributed by atoms with Crippen LogP contribution in [0.25, 0.3) is 0 Å². The number of aryl methyl sites for hydroxylation is 1. The minimum atomic E-state index is 0.513. The lowest BCUT2D eigenvalue weighted by molar-refractivity contribution is 0.287. The molecule has 2 heterocycles. The number of hydrogen-bond acceptors (Lipinski definition) is 6. The first kappa shape index (κ1) is 20.5. The van der Waals surface area contributed by atoms with Gasteiger partial charge >= 0.3 is 0 Å². The predicted molar refractivity (Wildman–Crippen MR) is 123 cm³/mol. The van der Waals surface area contributed by atoms with Gasteiger partial charge in [-0.05, 0) is 24.0 Å². The number of aromatic nitrogens is 2. The molecule has 0 amide bonds. The van der Waals surface area contributed by atoms with E-state index in [9.17, 15) is 0 Å². The van der Waals surface area contributed by atoms with Gasteiger partial charge in [-0.2, -0.15) is 5.10 Å². The van der Waals surface area contributed by atoms with Gasteiger partial charge in [0.05, 0.1) is 18.3 Å². The molecule has 6 nitrogen and oxygen atoms in total. The van der Waals surface area contributed by atoms with Gasteiger partial charge in [0.1, 0.15) is 5.03 Å². The van der Waals surface area contributed by atoms with Crippen LogP contribution in [-0.2, 0) is 18.8 Å². The molecule has 7 heteroatoms. The maximum Gasteiger partial charge on any atom is 0.177 e. The van der Waals surface area contributed by atoms with Crippen molar-refractivity contribution in [1.82, 2.24) is 25.9 Å². The maximum absolute atomic E-state index is 4.70. The molecule has 2 N–H and O–H groups in total. The van der Waals surface area contributed by atoms with Crippen molar-refractivity contribution < 1.29 is 0 Å². The number of hydrazone groups is 1. The Balaban J connectivity index is 1.59. The summed E-state index contributed by atoms with van der Waals surface area (Å²) >= 11 is 1.81. The van der Waals surface area contributed by atoms with Gasteiger partial charge in [-0.25, -0.2) is 5.53 Å². The van der Waals surface area contributed by atoms with Gasteiger partial charge in [0.15, 0.2) is 5.84 Å². The summed E-state index contributed by atoms with van der Waals surface area (Å²) in [4.78, 5) is 0. The lowest BCUT2D eigenvalue weighted by atomic mass is 10.1. The molecule has 0 fully saturated rings. The van der Waals surface area contributed by atoms with Crippen LogP contribution in [0, 0.1) is 12.8 Å². The number of nitrogens with zero attached hydrogens (tertiary/aromatic N) is 4. The Morgan fingerprint density at radius 2 is 1.83 bits per heavy atom. The zero-order chi connectivity index (χ0) is 20.9. The predicted octanol–water partition coefficient (Wildman–Crippen LogP) is 4.33. The fourth-order valence-corrected chi connectivity index (χ4v) is 4.51. The lowest BCUT2D eigenvalue weighted by Gasteiger charge is -2.20. The molecule has 0 saturated heterocycles. The third kappa shape index (κ3) is 4.86. The Morgan fingerprint density at radius 1 is 1.03 bits per heavy atom. The smallest absolute Gasteiger partial charge is 0.177 e. The monoisotopic (exact) mass is 420 g/mol. The molecule has 1 aliphatic rings. The van der Waals surface area contributed by atoms with E-state index in [4.69, 9.17) is 5.10 Å². The number of benzene rings is 2. The van der Waals surface area contributed by atoms with Crippen LogP contribution in [0.5, 0.6) is 0 Å². The molecule has 0 aliphatic carbocycles. The number of nitrogens with one attached hydrogen (secondary N) is 2. The van der Waals surface area contributed by atoms with E-state index in [1.54, 1.807) is 0 Å². The zero-order valence-electron chi connectivity index (χ0n) is 17.7. The summed E-state index contributed by atoms with van der Waals surface area (Å²) in [7, 11) is 0. The van der Waals surface area contributed by atoms with Crippen molar-refractivity contribution in [2.45, 2.75) is 44.6 Å². The third-order valence-corrected chi connectivity index (χ3v) is 6.00. The van der Waals surface area contributed by atoms with E-state index in [0.29, 0.717) is 12.5 Å². The average Bonchev–Trinajstić information content (AvgIpc) is 3.33. The molecule has 0 saturated carbocycles. The molecule has 30 heavy (non-hydrogen) atoms. The summed E-state index contributed by atoms with van der Waals surface area (Å²) in [5, 5.41) is 12.4. The van der Waals surface area contributed by atoms with Crippen LogP contribution in [0.3, 0.4) is 0 Å². The molecule has 1 aromatic heterocycles. The van der Waals surface area contributed by atoms with Gasteiger partial charge in [0.2, 0.25) is 0 Å². The summed E-state index contributed by atoms with van der Waals surface area (Å²) < 4.78 is 2.11. The van der Waals surface area contributed by atoms with E-state index in [2.05, 4.69) is 96.2 Å². The molecule has 156 valence electrons. The van der Waals surface area contributed by atoms with Gasteiger partial charge < -0.3 is 0 Å². The van der Waals surface area contributed by atoms with E-state index < -0.39 is 0 Å². The first-order chi connectivity index (χ1) is 14.6. The highest BCUT2D eigenvalue weighted by molar-refractivity contribution is 7.98. The zero-order valence-corrected chi connectivity index (χ0v) is 18.5. The minimum Gasteiger partial charge on any atom is -0.266 e. The van der Waals surface area contributed by atoms with E-state index in [1.165, 1.54) is 16.7 Å². The van der Waals surface area contributed by atoms with Crippen LogP contribution in [0.4, 0.5) is 0 Å². The van der Waals surface area contributed by atoms with Crippen molar-refractivity contribution in [2.24, 2.45) is 11.0 Å². The van der Waals surface area contributed by atoms with Crippen molar-refractivity contribution in [2.75, 3.05) is 0 Å². The fourth-order valence-electron chi connectivity index (χ4n) is 3.45. The Hall–Kier alpha value is -2.77. The molecule has 0 spiro atoms. The quantitative estimate of drug-likeness (QED) is 0.532. The molecule has 0 unspecified atom stereocenters. The van der Waals surface area contributed by atoms with Crippen molar-refractivity contribution in [1.29, 1.82) is 0 Å². The second kappa shape index (κ2) is 9.36. The van der Waals surface area contributed by atoms with Gasteiger partial charge in [-0.1, -0.05) is 74.0 Å². The SMILES string of the molecule is Cc1cccc(CN2NNN=C2c2cnn(CC(C)C)c2SCc2ccccc2)c1. The topological polar surface area (TPSA) is 57.5 Å². The fraction of sp³-hybridized carbons (Fsp3) is 0.304. The summed E-state index contributed by atoms with van der Waals surface area (Å²) in [6.07, 6.45) is 1.94. The number of thioether (sulfide) groups is 1. The van der Waals surface area contributed by atoms with Crippen molar-refractivity contribution >= 4 is 17.6 Å². The average molecular weight is 421 g/mol. The van der Waals surface area contributed by atoms with Crippen LogP contribution in [0.15, 0.2) is 70.9 Å². The van der Waals surface area contributed by atoms with Crippen LogP contribution in [-0.4, -0.2) is 20.6 Å². The Bertz CT molecular complexity index is 1010. The Morgan fingerprint density at radius 3 is 2.60 bits per heavy atom. The van der Waals surface area contributed by atoms with E-state index >= 15 is 0 Å². The Kier molecular flexibility index (Phi) is 6.40. The van der Waals surface area contributed by atoms with Crippen LogP contribution < -0.4 is 11.1 Å². The van der Waals surface area contributed by atoms with Gasteiger partial charge in [0, 0.05) is 12.3 Å². The second-order valence-corrected chi connectivity index (χ2v) is 8.91. The van der Waals surface area contributed by atoms with Crippen LogP contribution in [0.1, 0.15) is 36.1 Å². The molecular formula is C23H28N6S. The molecular weight excluding hydrogens is 392 g/mol. The molecule has 3 aromatic rings. The van der Waals surface area contributed by atoms with Crippen molar-refractivity contribution in [3.8, 4) is 0 Å². The number of amidine groups is 1. The summed E-state index contributed by atoms with van der Waals surface area (Å²) in [5.74, 6) is 2.27. The first-order valence-electron chi connectivity index (χ1n) is 10.2. The highest BCUT2D eigenvalue weighted by Gasteiger charge is 2.25. The van der Waals surface area contributed by atoms with E-state index in [0.717, 1.165) is 28.7 Å². The van der Waals surface area contributed by atoms with Crippen LogP contribution in [0.2, 0.25) is 0 Å².